The van der Waals surface area contributed by atoms with Crippen molar-refractivity contribution >= 4 is 16.1 Å². The molecule has 0 atom stereocenters. The van der Waals surface area contributed by atoms with Crippen LogP contribution in [0.1, 0.15) is 10.4 Å². The van der Waals surface area contributed by atoms with E-state index in [9.17, 15) is 13.2 Å². The van der Waals surface area contributed by atoms with Crippen molar-refractivity contribution in [1.82, 2.24) is 9.97 Å². The number of hydrogen-bond acceptors (Lipinski definition) is 5. The van der Waals surface area contributed by atoms with Crippen molar-refractivity contribution < 1.29 is 22.9 Å². The second kappa shape index (κ2) is 5.25. The van der Waals surface area contributed by atoms with Crippen LogP contribution >= 0.6 is 0 Å². The minimum Gasteiger partial charge on any atom is -0.478 e. The Bertz CT molecular complexity index is 380. The number of aromatic carboxylic acids is 1. The number of carboxylic acid groups (broad SMARTS) is 1. The average molecular weight is 220 g/mol. The fourth-order valence-corrected chi connectivity index (χ4v) is 0.410. The largest absolute Gasteiger partial charge is 0.478 e. The Hall–Kier alpha value is -1.54. The Labute approximate surface area is 80.2 Å². The Morgan fingerprint density at radius 1 is 1.36 bits per heavy atom. The van der Waals surface area contributed by atoms with Gasteiger partial charge < -0.3 is 5.11 Å². The monoisotopic (exact) mass is 220 g/mol. The maximum Gasteiger partial charge on any atom is 0.338 e. The molecule has 1 rings (SSSR count). The van der Waals surface area contributed by atoms with E-state index in [4.69, 9.17) is 9.66 Å². The van der Waals surface area contributed by atoms with Crippen LogP contribution in [0.2, 0.25) is 0 Å². The number of carboxylic acids is 1. The average Bonchev–Trinajstić information content (AvgIpc) is 2.03. The van der Waals surface area contributed by atoms with Crippen molar-refractivity contribution in [1.29, 1.82) is 0 Å². The zero-order valence-corrected chi connectivity index (χ0v) is 7.97. The van der Waals surface area contributed by atoms with Gasteiger partial charge in [-0.25, -0.2) is 14.8 Å². The Kier molecular flexibility index (Phi) is 4.67. The van der Waals surface area contributed by atoms with Crippen LogP contribution in [-0.4, -0.2) is 40.3 Å². The summed E-state index contributed by atoms with van der Waals surface area (Å²) in [6, 6.07) is 0. The molecule has 0 saturated heterocycles. The fourth-order valence-electron chi connectivity index (χ4n) is 0.410. The third-order valence-corrected chi connectivity index (χ3v) is 0.808. The van der Waals surface area contributed by atoms with Gasteiger partial charge in [0.15, 0.2) is 0 Å². The quantitative estimate of drug-likeness (QED) is 0.622. The van der Waals surface area contributed by atoms with Gasteiger partial charge in [-0.3, -0.25) is 4.55 Å². The number of nitrogens with zero attached hydrogens (tertiary/aromatic N) is 2. The second-order valence-electron chi connectivity index (χ2n) is 2.17. The molecule has 0 amide bonds. The van der Waals surface area contributed by atoms with E-state index in [0.717, 1.165) is 0 Å². The lowest BCUT2D eigenvalue weighted by atomic mass is 10.4. The van der Waals surface area contributed by atoms with Crippen molar-refractivity contribution in [2.45, 2.75) is 0 Å². The Morgan fingerprint density at radius 2 is 1.71 bits per heavy atom. The van der Waals surface area contributed by atoms with Gasteiger partial charge in [-0.2, -0.15) is 8.42 Å². The van der Waals surface area contributed by atoms with Crippen LogP contribution in [0.3, 0.4) is 0 Å². The number of carbonyl (C=O) groups is 1. The highest BCUT2D eigenvalue weighted by Crippen LogP contribution is 1.89. The van der Waals surface area contributed by atoms with E-state index in [1.165, 1.54) is 18.7 Å². The summed E-state index contributed by atoms with van der Waals surface area (Å²) in [4.78, 5) is 17.1. The van der Waals surface area contributed by atoms with Crippen molar-refractivity contribution in [2.24, 2.45) is 0 Å². The van der Waals surface area contributed by atoms with Crippen LogP contribution < -0.4 is 0 Å². The minimum atomic E-state index is -3.67. The van der Waals surface area contributed by atoms with E-state index in [0.29, 0.717) is 6.26 Å². The summed E-state index contributed by atoms with van der Waals surface area (Å²) in [6.07, 6.45) is 4.49. The van der Waals surface area contributed by atoms with Gasteiger partial charge in [0, 0.05) is 12.4 Å². The van der Waals surface area contributed by atoms with Crippen LogP contribution in [0.15, 0.2) is 18.7 Å². The summed E-state index contributed by atoms with van der Waals surface area (Å²) in [5, 5.41) is 8.30. The smallest absolute Gasteiger partial charge is 0.338 e. The lowest BCUT2D eigenvalue weighted by Gasteiger charge is -1.86. The first-order valence-corrected chi connectivity index (χ1v) is 5.06. The summed E-state index contributed by atoms with van der Waals surface area (Å²) in [6.45, 7) is 0. The molecule has 1 aromatic rings. The van der Waals surface area contributed by atoms with E-state index in [-0.39, 0.29) is 5.56 Å². The molecular formula is C6H8N2O5S. The van der Waals surface area contributed by atoms with Crippen LogP contribution in [0.25, 0.3) is 0 Å². The van der Waals surface area contributed by atoms with Crippen LogP contribution in [-0.2, 0) is 10.1 Å². The lowest BCUT2D eigenvalue weighted by molar-refractivity contribution is 0.0696. The summed E-state index contributed by atoms with van der Waals surface area (Å²) in [7, 11) is -3.67. The second-order valence-corrected chi connectivity index (χ2v) is 3.63. The summed E-state index contributed by atoms with van der Waals surface area (Å²) >= 11 is 0. The van der Waals surface area contributed by atoms with Crippen molar-refractivity contribution in [3.63, 3.8) is 0 Å². The maximum absolute atomic E-state index is 10.1. The van der Waals surface area contributed by atoms with Crippen LogP contribution in [0.5, 0.6) is 0 Å². The van der Waals surface area contributed by atoms with E-state index in [2.05, 4.69) is 9.97 Å². The fraction of sp³-hybridized carbons (Fsp3) is 0.167. The lowest BCUT2D eigenvalue weighted by Crippen LogP contribution is -1.96. The molecular weight excluding hydrogens is 212 g/mol. The molecule has 0 saturated carbocycles. The summed E-state index contributed by atoms with van der Waals surface area (Å²) in [5.74, 6) is -1.00. The van der Waals surface area contributed by atoms with Gasteiger partial charge in [0.05, 0.1) is 11.8 Å². The molecule has 1 aromatic heterocycles. The van der Waals surface area contributed by atoms with Gasteiger partial charge in [0.1, 0.15) is 6.33 Å². The third kappa shape index (κ3) is 8.56. The first kappa shape index (κ1) is 12.5. The van der Waals surface area contributed by atoms with E-state index < -0.39 is 16.1 Å². The van der Waals surface area contributed by atoms with Gasteiger partial charge >= 0.3 is 5.97 Å². The highest BCUT2D eigenvalue weighted by Gasteiger charge is 1.98. The predicted molar refractivity (Wildman–Crippen MR) is 46.5 cm³/mol. The molecule has 0 unspecified atom stereocenters. The van der Waals surface area contributed by atoms with Crippen LogP contribution in [0.4, 0.5) is 0 Å². The van der Waals surface area contributed by atoms with Gasteiger partial charge in [0.2, 0.25) is 0 Å². The highest BCUT2D eigenvalue weighted by atomic mass is 32.2. The molecule has 0 radical (unpaired) electrons. The van der Waals surface area contributed by atoms with Crippen molar-refractivity contribution in [3.05, 3.63) is 24.3 Å². The molecule has 0 fully saturated rings. The predicted octanol–water partition coefficient (Wildman–Crippen LogP) is -0.321. The topological polar surface area (TPSA) is 117 Å². The highest BCUT2D eigenvalue weighted by molar-refractivity contribution is 7.85. The zero-order valence-electron chi connectivity index (χ0n) is 7.15. The normalized spacial score (nSPS) is 9.86. The first-order chi connectivity index (χ1) is 6.30. The molecule has 0 spiro atoms. The van der Waals surface area contributed by atoms with E-state index >= 15 is 0 Å². The molecule has 2 N–H and O–H groups in total. The summed E-state index contributed by atoms with van der Waals surface area (Å²) < 4.78 is 25.9. The number of hydrogen-bond donors (Lipinski definition) is 2. The molecule has 0 aliphatic rings. The Balaban J connectivity index is 0.000000292. The molecule has 0 aromatic carbocycles. The number of aromatic nitrogens is 2. The minimum absolute atomic E-state index is 0.109. The molecule has 0 bridgehead atoms. The molecule has 1 heterocycles. The zero-order chi connectivity index (χ0) is 11.2. The van der Waals surface area contributed by atoms with Gasteiger partial charge in [-0.1, -0.05) is 0 Å². The molecule has 0 aliphatic carbocycles. The molecule has 7 nitrogen and oxygen atoms in total. The number of rotatable bonds is 1. The summed E-state index contributed by atoms with van der Waals surface area (Å²) in [5.41, 5.74) is 0.109. The van der Waals surface area contributed by atoms with Crippen molar-refractivity contribution in [2.75, 3.05) is 6.26 Å². The van der Waals surface area contributed by atoms with Crippen LogP contribution in [0, 0.1) is 0 Å². The molecule has 14 heavy (non-hydrogen) atoms. The standard InChI is InChI=1S/C5H4N2O2.CH4O3S/c8-5(9)4-1-6-3-7-2-4;1-5(2,3)4/h1-3H,(H,8,9);1H3,(H,2,3,4). The van der Waals surface area contributed by atoms with Crippen molar-refractivity contribution in [3.8, 4) is 0 Å². The molecule has 78 valence electrons. The third-order valence-electron chi connectivity index (χ3n) is 0.808. The van der Waals surface area contributed by atoms with E-state index in [1.54, 1.807) is 0 Å². The first-order valence-electron chi connectivity index (χ1n) is 3.21. The van der Waals surface area contributed by atoms with E-state index in [1.807, 2.05) is 0 Å². The SMILES string of the molecule is CS(=O)(=O)O.O=C(O)c1cncnc1. The van der Waals surface area contributed by atoms with Gasteiger partial charge in [-0.05, 0) is 0 Å². The Morgan fingerprint density at radius 3 is 1.93 bits per heavy atom. The van der Waals surface area contributed by atoms with Gasteiger partial charge in [-0.15, -0.1) is 0 Å². The van der Waals surface area contributed by atoms with Gasteiger partial charge in [0.25, 0.3) is 10.1 Å². The molecule has 0 aliphatic heterocycles. The molecule has 8 heteroatoms. The maximum atomic E-state index is 10.1.